The van der Waals surface area contributed by atoms with Crippen molar-refractivity contribution < 1.29 is 24.3 Å². The van der Waals surface area contributed by atoms with Crippen LogP contribution in [0, 0.1) is 0 Å². The summed E-state index contributed by atoms with van der Waals surface area (Å²) in [6, 6.07) is -3.95. The van der Waals surface area contributed by atoms with Crippen LogP contribution in [0.4, 0.5) is 0 Å². The van der Waals surface area contributed by atoms with Gasteiger partial charge < -0.3 is 49.3 Å². The molecule has 204 valence electrons. The zero-order valence-corrected chi connectivity index (χ0v) is 21.0. The van der Waals surface area contributed by atoms with Gasteiger partial charge in [0, 0.05) is 25.4 Å². The minimum atomic E-state index is -1.26. The van der Waals surface area contributed by atoms with Gasteiger partial charge in [0.1, 0.15) is 18.1 Å². The molecule has 36 heavy (non-hydrogen) atoms. The summed E-state index contributed by atoms with van der Waals surface area (Å²) in [5, 5.41) is 14.2. The molecule has 0 bridgehead atoms. The fraction of sp³-hybridized carbons (Fsp3) is 0.700. The van der Waals surface area contributed by atoms with E-state index in [2.05, 4.69) is 33.2 Å². The molecule has 0 saturated carbocycles. The lowest BCUT2D eigenvalue weighted by molar-refractivity contribution is -0.142. The Labute approximate surface area is 215 Å². The largest absolute Gasteiger partial charge is 0.480 e. The Hall–Kier alpha value is -3.27. The summed E-state index contributed by atoms with van der Waals surface area (Å²) in [5.41, 5.74) is 27.2. The highest BCUT2D eigenvalue weighted by atomic mass is 32.1. The number of likely N-dealkylation sites (tertiary alicyclic amines) is 1. The van der Waals surface area contributed by atoms with Gasteiger partial charge in [0.2, 0.25) is 17.7 Å². The number of carbonyl (C=O) groups excluding carboxylic acids is 3. The third-order valence-electron chi connectivity index (χ3n) is 5.50. The Morgan fingerprint density at radius 1 is 0.972 bits per heavy atom. The highest BCUT2D eigenvalue weighted by molar-refractivity contribution is 7.80. The van der Waals surface area contributed by atoms with E-state index >= 15 is 0 Å². The number of aliphatic carboxylic acids is 1. The zero-order valence-electron chi connectivity index (χ0n) is 20.1. The van der Waals surface area contributed by atoms with Crippen LogP contribution in [0.1, 0.15) is 38.5 Å². The van der Waals surface area contributed by atoms with Gasteiger partial charge in [-0.2, -0.15) is 12.6 Å². The van der Waals surface area contributed by atoms with E-state index in [9.17, 15) is 24.3 Å². The number of carboxylic acids is 1. The number of hydrogen-bond acceptors (Lipinski definition) is 8. The van der Waals surface area contributed by atoms with Crippen molar-refractivity contribution in [3.8, 4) is 0 Å². The predicted octanol–water partition coefficient (Wildman–Crippen LogP) is -3.60. The van der Waals surface area contributed by atoms with E-state index in [4.69, 9.17) is 28.7 Å². The number of hydrogen-bond donors (Lipinski definition) is 9. The van der Waals surface area contributed by atoms with E-state index in [1.165, 1.54) is 4.90 Å². The number of nitrogens with one attached hydrogen (secondary N) is 2. The normalized spacial score (nSPS) is 17.4. The fourth-order valence-corrected chi connectivity index (χ4v) is 3.90. The van der Waals surface area contributed by atoms with Gasteiger partial charge in [-0.15, -0.1) is 0 Å². The van der Waals surface area contributed by atoms with Crippen LogP contribution in [0.15, 0.2) is 9.98 Å². The van der Waals surface area contributed by atoms with E-state index in [0.717, 1.165) is 0 Å². The molecule has 0 aromatic heterocycles. The quantitative estimate of drug-likeness (QED) is 0.0434. The van der Waals surface area contributed by atoms with Crippen LogP contribution in [-0.4, -0.2) is 95.2 Å². The smallest absolute Gasteiger partial charge is 0.327 e. The Morgan fingerprint density at radius 3 is 2.08 bits per heavy atom. The van der Waals surface area contributed by atoms with Crippen LogP contribution in [-0.2, 0) is 19.2 Å². The van der Waals surface area contributed by atoms with E-state index in [1.807, 2.05) is 0 Å². The molecule has 1 aliphatic rings. The molecule has 0 spiro atoms. The van der Waals surface area contributed by atoms with Crippen molar-refractivity contribution in [2.45, 2.75) is 62.7 Å². The third-order valence-corrected chi connectivity index (χ3v) is 5.86. The summed E-state index contributed by atoms with van der Waals surface area (Å²) in [6.45, 7) is 0.883. The molecule has 16 heteroatoms. The molecular formula is C20H38N10O5S. The Morgan fingerprint density at radius 2 is 1.56 bits per heavy atom. The van der Waals surface area contributed by atoms with Gasteiger partial charge in [0.25, 0.3) is 0 Å². The van der Waals surface area contributed by atoms with Crippen molar-refractivity contribution >= 4 is 48.2 Å². The molecule has 0 aliphatic carbocycles. The molecule has 3 amide bonds. The second kappa shape index (κ2) is 15.7. The number of rotatable bonds is 15. The highest BCUT2D eigenvalue weighted by Gasteiger charge is 2.37. The summed E-state index contributed by atoms with van der Waals surface area (Å²) in [7, 11) is 0. The molecule has 0 aromatic carbocycles. The average molecular weight is 531 g/mol. The van der Waals surface area contributed by atoms with Crippen LogP contribution in [0.3, 0.4) is 0 Å². The van der Waals surface area contributed by atoms with Crippen LogP contribution in [0.5, 0.6) is 0 Å². The van der Waals surface area contributed by atoms with Gasteiger partial charge in [0.15, 0.2) is 11.9 Å². The van der Waals surface area contributed by atoms with Crippen molar-refractivity contribution in [3.63, 3.8) is 0 Å². The molecule has 1 aliphatic heterocycles. The summed E-state index contributed by atoms with van der Waals surface area (Å²) < 4.78 is 0. The van der Waals surface area contributed by atoms with E-state index in [1.54, 1.807) is 0 Å². The van der Waals surface area contributed by atoms with Gasteiger partial charge >= 0.3 is 5.97 Å². The Bertz CT molecular complexity index is 832. The molecule has 1 saturated heterocycles. The van der Waals surface area contributed by atoms with Crippen molar-refractivity contribution in [2.24, 2.45) is 38.7 Å². The number of nitrogens with two attached hydrogens (primary N) is 5. The summed E-state index contributed by atoms with van der Waals surface area (Å²) in [6.07, 6.45) is 2.28. The summed E-state index contributed by atoms with van der Waals surface area (Å²) in [5.74, 6) is -3.17. The maximum Gasteiger partial charge on any atom is 0.327 e. The lowest BCUT2D eigenvalue weighted by atomic mass is 10.1. The Balaban J connectivity index is 2.86. The van der Waals surface area contributed by atoms with Gasteiger partial charge in [-0.05, 0) is 38.5 Å². The lowest BCUT2D eigenvalue weighted by Gasteiger charge is -2.28. The molecule has 1 rings (SSSR count). The third kappa shape index (κ3) is 10.6. The summed E-state index contributed by atoms with van der Waals surface area (Å²) in [4.78, 5) is 59.1. The minimum absolute atomic E-state index is 0.0490. The highest BCUT2D eigenvalue weighted by Crippen LogP contribution is 2.19. The maximum absolute atomic E-state index is 13.1. The first-order chi connectivity index (χ1) is 17.0. The molecule has 15 nitrogen and oxygen atoms in total. The molecule has 1 heterocycles. The Kier molecular flexibility index (Phi) is 13.4. The van der Waals surface area contributed by atoms with Crippen LogP contribution < -0.4 is 39.3 Å². The number of guanidine groups is 2. The van der Waals surface area contributed by atoms with E-state index in [-0.39, 0.29) is 36.5 Å². The van der Waals surface area contributed by atoms with Crippen molar-refractivity contribution in [2.75, 3.05) is 25.4 Å². The fourth-order valence-electron chi connectivity index (χ4n) is 3.66. The molecule has 4 atom stereocenters. The van der Waals surface area contributed by atoms with E-state index in [0.29, 0.717) is 45.2 Å². The molecule has 0 radical (unpaired) electrons. The first kappa shape index (κ1) is 30.8. The molecule has 1 fully saturated rings. The second-order valence-corrected chi connectivity index (χ2v) is 8.70. The standard InChI is InChI=1S/C20H38N10O5S/c21-11(4-1-7-26-19(22)23)17(33)30-9-3-6-14(30)16(32)28-12(5-2-8-27-20(24)25)15(31)29-13(10-36)18(34)35/h11-14,36H,1-10,21H2,(H,28,32)(H,29,31)(H,34,35)(H4,22,23,26)(H4,24,25,27). The van der Waals surface area contributed by atoms with Crippen LogP contribution in [0.2, 0.25) is 0 Å². The van der Waals surface area contributed by atoms with Crippen molar-refractivity contribution in [1.82, 2.24) is 15.5 Å². The van der Waals surface area contributed by atoms with Crippen LogP contribution in [0.25, 0.3) is 0 Å². The first-order valence-electron chi connectivity index (χ1n) is 11.6. The van der Waals surface area contributed by atoms with Gasteiger partial charge in [-0.1, -0.05) is 0 Å². The molecule has 4 unspecified atom stereocenters. The predicted molar refractivity (Wildman–Crippen MR) is 138 cm³/mol. The number of aliphatic imine (C=N–C) groups is 2. The van der Waals surface area contributed by atoms with Crippen LogP contribution >= 0.6 is 12.6 Å². The molecule has 0 aromatic rings. The lowest BCUT2D eigenvalue weighted by Crippen LogP contribution is -2.56. The van der Waals surface area contributed by atoms with Gasteiger partial charge in [-0.3, -0.25) is 24.4 Å². The SMILES string of the molecule is NC(N)=NCCCC(N)C(=O)N1CCCC1C(=O)NC(CCCN=C(N)N)C(=O)NC(CS)C(=O)O. The average Bonchev–Trinajstić information content (AvgIpc) is 3.30. The number of nitrogens with zero attached hydrogens (tertiary/aromatic N) is 3. The summed E-state index contributed by atoms with van der Waals surface area (Å²) >= 11 is 3.94. The van der Waals surface area contributed by atoms with Gasteiger partial charge in [0.05, 0.1) is 6.04 Å². The van der Waals surface area contributed by atoms with E-state index < -0.39 is 42.0 Å². The number of thiol groups is 1. The van der Waals surface area contributed by atoms with Crippen molar-refractivity contribution in [1.29, 1.82) is 0 Å². The number of carboxylic acid groups (broad SMARTS) is 1. The minimum Gasteiger partial charge on any atom is -0.480 e. The number of carbonyl (C=O) groups is 4. The first-order valence-corrected chi connectivity index (χ1v) is 12.2. The monoisotopic (exact) mass is 530 g/mol. The van der Waals surface area contributed by atoms with Gasteiger partial charge in [-0.25, -0.2) is 4.79 Å². The topological polar surface area (TPSA) is 271 Å². The maximum atomic E-state index is 13.1. The van der Waals surface area contributed by atoms with Crippen molar-refractivity contribution in [3.05, 3.63) is 0 Å². The molecular weight excluding hydrogens is 492 g/mol. The zero-order chi connectivity index (χ0) is 27.3. The molecule has 13 N–H and O–H groups in total. The number of amides is 3. The second-order valence-electron chi connectivity index (χ2n) is 8.34.